The molecule has 1 unspecified atom stereocenters. The Morgan fingerprint density at radius 1 is 1.56 bits per heavy atom. The van der Waals surface area contributed by atoms with Crippen LogP contribution in [0, 0.1) is 5.41 Å². The van der Waals surface area contributed by atoms with E-state index in [-0.39, 0.29) is 23.8 Å². The molecule has 104 valence electrons. The van der Waals surface area contributed by atoms with Gasteiger partial charge in [-0.2, -0.15) is 0 Å². The molecule has 1 aliphatic rings. The summed E-state index contributed by atoms with van der Waals surface area (Å²) in [5.41, 5.74) is 0.0306. The highest BCUT2D eigenvalue weighted by molar-refractivity contribution is 5.82. The van der Waals surface area contributed by atoms with Gasteiger partial charge in [0.05, 0.1) is 6.04 Å². The van der Waals surface area contributed by atoms with Gasteiger partial charge >= 0.3 is 5.97 Å². The molecule has 5 heteroatoms. The van der Waals surface area contributed by atoms with E-state index in [1.54, 1.807) is 0 Å². The fourth-order valence-corrected chi connectivity index (χ4v) is 2.42. The molecular weight excluding hydrogens is 232 g/mol. The van der Waals surface area contributed by atoms with Crippen LogP contribution in [0.1, 0.15) is 40.0 Å². The number of amides is 1. The number of rotatable bonds is 5. The molecule has 5 nitrogen and oxygen atoms in total. The molecule has 1 amide bonds. The predicted octanol–water partition coefficient (Wildman–Crippen LogP) is 1.09. The van der Waals surface area contributed by atoms with E-state index in [1.807, 2.05) is 0 Å². The molecular formula is C13H24N2O3. The van der Waals surface area contributed by atoms with Crippen LogP contribution in [0.15, 0.2) is 0 Å². The highest BCUT2D eigenvalue weighted by atomic mass is 16.4. The first kappa shape index (κ1) is 15.0. The largest absolute Gasteiger partial charge is 0.481 e. The summed E-state index contributed by atoms with van der Waals surface area (Å²) >= 11 is 0. The van der Waals surface area contributed by atoms with Crippen LogP contribution in [-0.4, -0.2) is 47.6 Å². The summed E-state index contributed by atoms with van der Waals surface area (Å²) in [6.45, 7) is 8.62. The van der Waals surface area contributed by atoms with Crippen LogP contribution in [0.2, 0.25) is 0 Å². The first-order chi connectivity index (χ1) is 8.35. The molecule has 0 spiro atoms. The molecule has 0 radical (unpaired) electrons. The molecule has 0 aromatic rings. The van der Waals surface area contributed by atoms with E-state index in [0.29, 0.717) is 13.0 Å². The maximum Gasteiger partial charge on any atom is 0.303 e. The van der Waals surface area contributed by atoms with Gasteiger partial charge in [0, 0.05) is 19.5 Å². The van der Waals surface area contributed by atoms with Gasteiger partial charge in [-0.25, -0.2) is 0 Å². The molecule has 1 heterocycles. The van der Waals surface area contributed by atoms with Gasteiger partial charge in [-0.05, 0) is 24.8 Å². The van der Waals surface area contributed by atoms with Gasteiger partial charge in [0.15, 0.2) is 0 Å². The Hall–Kier alpha value is -1.10. The standard InChI is InChI=1S/C13H24N2O3/c1-4-7-15-9-13(2,3)8-14-12(18)10(15)5-6-11(16)17/h10H,4-9H2,1-3H3,(H,14,18)(H,16,17). The summed E-state index contributed by atoms with van der Waals surface area (Å²) in [5, 5.41) is 11.7. The van der Waals surface area contributed by atoms with E-state index in [4.69, 9.17) is 5.11 Å². The smallest absolute Gasteiger partial charge is 0.303 e. The average Bonchev–Trinajstić information content (AvgIpc) is 2.35. The van der Waals surface area contributed by atoms with E-state index < -0.39 is 5.97 Å². The van der Waals surface area contributed by atoms with Gasteiger partial charge in [-0.1, -0.05) is 20.8 Å². The molecule has 1 rings (SSSR count). The molecule has 1 fully saturated rings. The third-order valence-electron chi connectivity index (χ3n) is 3.26. The maximum atomic E-state index is 12.1. The normalized spacial score (nSPS) is 24.4. The van der Waals surface area contributed by atoms with Crippen molar-refractivity contribution in [3.63, 3.8) is 0 Å². The summed E-state index contributed by atoms with van der Waals surface area (Å²) < 4.78 is 0. The van der Waals surface area contributed by atoms with Gasteiger partial charge in [-0.15, -0.1) is 0 Å². The first-order valence-electron chi connectivity index (χ1n) is 6.59. The number of hydrogen-bond donors (Lipinski definition) is 2. The minimum atomic E-state index is -0.845. The van der Waals surface area contributed by atoms with Gasteiger partial charge in [0.1, 0.15) is 0 Å². The summed E-state index contributed by atoms with van der Waals surface area (Å²) in [7, 11) is 0. The van der Waals surface area contributed by atoms with Crippen LogP contribution in [0.4, 0.5) is 0 Å². The van der Waals surface area contributed by atoms with Crippen LogP contribution in [0.25, 0.3) is 0 Å². The van der Waals surface area contributed by atoms with E-state index in [1.165, 1.54) is 0 Å². The van der Waals surface area contributed by atoms with Crippen LogP contribution in [-0.2, 0) is 9.59 Å². The SMILES string of the molecule is CCCN1CC(C)(C)CNC(=O)C1CCC(=O)O. The molecule has 18 heavy (non-hydrogen) atoms. The molecule has 0 saturated carbocycles. The second-order valence-corrected chi connectivity index (χ2v) is 5.80. The van der Waals surface area contributed by atoms with Crippen LogP contribution < -0.4 is 5.32 Å². The molecule has 2 N–H and O–H groups in total. The van der Waals surface area contributed by atoms with Crippen molar-refractivity contribution < 1.29 is 14.7 Å². The van der Waals surface area contributed by atoms with Crippen LogP contribution in [0.5, 0.6) is 0 Å². The number of nitrogens with one attached hydrogen (secondary N) is 1. The molecule has 0 aromatic carbocycles. The fraction of sp³-hybridized carbons (Fsp3) is 0.846. The van der Waals surface area contributed by atoms with E-state index in [0.717, 1.165) is 19.5 Å². The molecule has 0 aromatic heterocycles. The lowest BCUT2D eigenvalue weighted by atomic mass is 9.93. The Morgan fingerprint density at radius 3 is 2.78 bits per heavy atom. The zero-order valence-electron chi connectivity index (χ0n) is 11.5. The van der Waals surface area contributed by atoms with Crippen molar-refractivity contribution in [2.45, 2.75) is 46.1 Å². The van der Waals surface area contributed by atoms with Gasteiger partial charge in [0.25, 0.3) is 0 Å². The Labute approximate surface area is 109 Å². The Kier molecular flexibility index (Phi) is 5.14. The van der Waals surface area contributed by atoms with Crippen molar-refractivity contribution in [3.05, 3.63) is 0 Å². The topological polar surface area (TPSA) is 69.6 Å². The van der Waals surface area contributed by atoms with E-state index in [2.05, 4.69) is 31.0 Å². The highest BCUT2D eigenvalue weighted by Crippen LogP contribution is 2.22. The maximum absolute atomic E-state index is 12.1. The minimum Gasteiger partial charge on any atom is -0.481 e. The third-order valence-corrected chi connectivity index (χ3v) is 3.26. The lowest BCUT2D eigenvalue weighted by Crippen LogP contribution is -2.45. The van der Waals surface area contributed by atoms with E-state index >= 15 is 0 Å². The summed E-state index contributed by atoms with van der Waals surface area (Å²) in [6, 6.07) is -0.303. The molecule has 1 atom stereocenters. The molecule has 1 aliphatic heterocycles. The Balaban J connectivity index is 2.79. The lowest BCUT2D eigenvalue weighted by molar-refractivity contribution is -0.137. The second-order valence-electron chi connectivity index (χ2n) is 5.80. The number of carbonyl (C=O) groups is 2. The molecule has 1 saturated heterocycles. The minimum absolute atomic E-state index is 0.0306. The second kappa shape index (κ2) is 6.18. The number of carboxylic acids is 1. The average molecular weight is 256 g/mol. The number of carbonyl (C=O) groups excluding carboxylic acids is 1. The summed E-state index contributed by atoms with van der Waals surface area (Å²) in [5.74, 6) is -0.877. The highest BCUT2D eigenvalue weighted by Gasteiger charge is 2.34. The van der Waals surface area contributed by atoms with Crippen molar-refractivity contribution >= 4 is 11.9 Å². The van der Waals surface area contributed by atoms with Crippen molar-refractivity contribution in [1.29, 1.82) is 0 Å². The van der Waals surface area contributed by atoms with Gasteiger partial charge < -0.3 is 10.4 Å². The molecule has 0 aliphatic carbocycles. The number of nitrogens with zero attached hydrogens (tertiary/aromatic N) is 1. The van der Waals surface area contributed by atoms with Gasteiger partial charge in [-0.3, -0.25) is 14.5 Å². The third kappa shape index (κ3) is 4.29. The van der Waals surface area contributed by atoms with Crippen molar-refractivity contribution in [2.75, 3.05) is 19.6 Å². The lowest BCUT2D eigenvalue weighted by Gasteiger charge is -2.32. The number of hydrogen-bond acceptors (Lipinski definition) is 3. The Bertz CT molecular complexity index is 315. The van der Waals surface area contributed by atoms with Crippen molar-refractivity contribution in [1.82, 2.24) is 10.2 Å². The van der Waals surface area contributed by atoms with Crippen molar-refractivity contribution in [3.8, 4) is 0 Å². The molecule has 0 bridgehead atoms. The summed E-state index contributed by atoms with van der Waals surface area (Å²) in [6.07, 6.45) is 1.39. The number of aliphatic carboxylic acids is 1. The van der Waals surface area contributed by atoms with E-state index in [9.17, 15) is 9.59 Å². The summed E-state index contributed by atoms with van der Waals surface area (Å²) in [4.78, 5) is 24.9. The Morgan fingerprint density at radius 2 is 2.22 bits per heavy atom. The quantitative estimate of drug-likeness (QED) is 0.772. The fourth-order valence-electron chi connectivity index (χ4n) is 2.42. The zero-order valence-corrected chi connectivity index (χ0v) is 11.5. The van der Waals surface area contributed by atoms with Crippen LogP contribution in [0.3, 0.4) is 0 Å². The number of carboxylic acid groups (broad SMARTS) is 1. The van der Waals surface area contributed by atoms with Gasteiger partial charge in [0.2, 0.25) is 5.91 Å². The monoisotopic (exact) mass is 256 g/mol. The first-order valence-corrected chi connectivity index (χ1v) is 6.59. The van der Waals surface area contributed by atoms with Crippen molar-refractivity contribution in [2.24, 2.45) is 5.41 Å². The zero-order chi connectivity index (χ0) is 13.8. The van der Waals surface area contributed by atoms with Crippen LogP contribution >= 0.6 is 0 Å². The predicted molar refractivity (Wildman–Crippen MR) is 69.3 cm³/mol.